The first-order valence-corrected chi connectivity index (χ1v) is 10.5. The molecule has 8 heteroatoms. The molecule has 0 atom stereocenters. The van der Waals surface area contributed by atoms with Gasteiger partial charge in [-0.3, -0.25) is 10.2 Å². The monoisotopic (exact) mass is 456 g/mol. The molecule has 1 aromatic heterocycles. The van der Waals surface area contributed by atoms with E-state index in [4.69, 9.17) is 14.2 Å². The van der Waals surface area contributed by atoms with E-state index in [-0.39, 0.29) is 12.5 Å². The lowest BCUT2D eigenvalue weighted by molar-refractivity contribution is -0.118. The van der Waals surface area contributed by atoms with E-state index >= 15 is 0 Å². The predicted octanol–water partition coefficient (Wildman–Crippen LogP) is 4.72. The Kier molecular flexibility index (Phi) is 7.19. The maximum atomic E-state index is 12.2. The number of anilines is 2. The Labute approximate surface area is 197 Å². The fourth-order valence-electron chi connectivity index (χ4n) is 3.20. The average molecular weight is 457 g/mol. The number of benzene rings is 3. The quantitative estimate of drug-likeness (QED) is 0.280. The van der Waals surface area contributed by atoms with Crippen LogP contribution in [0.15, 0.2) is 84.0 Å². The number of carbonyl (C=O) groups excluding carboxylic acids is 1. The van der Waals surface area contributed by atoms with Crippen molar-refractivity contribution in [1.82, 2.24) is 4.98 Å². The highest BCUT2D eigenvalue weighted by molar-refractivity contribution is 5.92. The molecule has 34 heavy (non-hydrogen) atoms. The molecule has 0 unspecified atom stereocenters. The van der Waals surface area contributed by atoms with Gasteiger partial charge in [-0.05, 0) is 66.2 Å². The summed E-state index contributed by atoms with van der Waals surface area (Å²) in [5.41, 5.74) is 5.27. The van der Waals surface area contributed by atoms with E-state index in [1.165, 1.54) is 7.11 Å². The first-order valence-electron chi connectivity index (χ1n) is 10.5. The second-order valence-electron chi connectivity index (χ2n) is 7.23. The number of hydrogen-bond acceptors (Lipinski definition) is 7. The van der Waals surface area contributed by atoms with E-state index in [9.17, 15) is 4.79 Å². The van der Waals surface area contributed by atoms with Crippen molar-refractivity contribution in [1.29, 1.82) is 0 Å². The molecular formula is C26H24N4O4. The van der Waals surface area contributed by atoms with Crippen LogP contribution in [-0.2, 0) is 4.79 Å². The van der Waals surface area contributed by atoms with Gasteiger partial charge in [0, 0.05) is 11.1 Å². The van der Waals surface area contributed by atoms with Crippen molar-refractivity contribution >= 4 is 34.5 Å². The molecule has 172 valence electrons. The standard InChI is InChI=1S/C26H24N4O4/c1-32-21-11-9-20(10-12-21)28-26(31)17-34-23-13-7-18(15-24(23)33-2)16-27-30-25-14-8-19-5-3-4-6-22(19)29-25/h3-16H,17H2,1-2H3,(H,28,31)(H,29,30)/b27-16+. The molecule has 0 radical (unpaired) electrons. The van der Waals surface area contributed by atoms with Gasteiger partial charge in [0.15, 0.2) is 18.1 Å². The Hall–Kier alpha value is -4.59. The van der Waals surface area contributed by atoms with Gasteiger partial charge in [0.25, 0.3) is 5.91 Å². The van der Waals surface area contributed by atoms with E-state index in [1.54, 1.807) is 49.7 Å². The summed E-state index contributed by atoms with van der Waals surface area (Å²) in [5, 5.41) is 8.09. The molecule has 4 aromatic rings. The van der Waals surface area contributed by atoms with Gasteiger partial charge in [0.05, 0.1) is 26.0 Å². The predicted molar refractivity (Wildman–Crippen MR) is 133 cm³/mol. The summed E-state index contributed by atoms with van der Waals surface area (Å²) in [4.78, 5) is 16.7. The van der Waals surface area contributed by atoms with Crippen LogP contribution in [0.4, 0.5) is 11.5 Å². The van der Waals surface area contributed by atoms with Gasteiger partial charge in [-0.2, -0.15) is 5.10 Å². The number of nitrogens with one attached hydrogen (secondary N) is 2. The number of ether oxygens (including phenoxy) is 3. The molecule has 0 fully saturated rings. The fraction of sp³-hybridized carbons (Fsp3) is 0.115. The zero-order valence-corrected chi connectivity index (χ0v) is 18.8. The molecule has 8 nitrogen and oxygen atoms in total. The van der Waals surface area contributed by atoms with Crippen molar-refractivity contribution in [3.63, 3.8) is 0 Å². The molecule has 0 spiro atoms. The lowest BCUT2D eigenvalue weighted by atomic mass is 10.2. The number of pyridine rings is 1. The zero-order chi connectivity index (χ0) is 23.8. The second-order valence-corrected chi connectivity index (χ2v) is 7.23. The maximum absolute atomic E-state index is 12.2. The van der Waals surface area contributed by atoms with Crippen LogP contribution in [0.1, 0.15) is 5.56 Å². The number of fused-ring (bicyclic) bond motifs is 1. The first-order chi connectivity index (χ1) is 16.6. The summed E-state index contributed by atoms with van der Waals surface area (Å²) in [6.07, 6.45) is 1.65. The third-order valence-electron chi connectivity index (χ3n) is 4.91. The summed E-state index contributed by atoms with van der Waals surface area (Å²) >= 11 is 0. The van der Waals surface area contributed by atoms with Crippen LogP contribution >= 0.6 is 0 Å². The topological polar surface area (TPSA) is 94.1 Å². The van der Waals surface area contributed by atoms with Crippen molar-refractivity contribution in [2.45, 2.75) is 0 Å². The van der Waals surface area contributed by atoms with Crippen LogP contribution in [-0.4, -0.2) is 37.9 Å². The minimum Gasteiger partial charge on any atom is -0.497 e. The van der Waals surface area contributed by atoms with Crippen LogP contribution in [0.3, 0.4) is 0 Å². The highest BCUT2D eigenvalue weighted by atomic mass is 16.5. The third-order valence-corrected chi connectivity index (χ3v) is 4.91. The number of hydrazone groups is 1. The van der Waals surface area contributed by atoms with E-state index in [1.807, 2.05) is 42.5 Å². The van der Waals surface area contributed by atoms with E-state index in [0.717, 1.165) is 16.5 Å². The van der Waals surface area contributed by atoms with Gasteiger partial charge in [0.1, 0.15) is 11.6 Å². The number of carbonyl (C=O) groups is 1. The van der Waals surface area contributed by atoms with Gasteiger partial charge in [-0.1, -0.05) is 18.2 Å². The number of amides is 1. The minimum absolute atomic E-state index is 0.162. The minimum atomic E-state index is -0.287. The molecule has 0 aliphatic carbocycles. The van der Waals surface area contributed by atoms with Gasteiger partial charge in [-0.15, -0.1) is 0 Å². The first kappa shape index (κ1) is 22.6. The smallest absolute Gasteiger partial charge is 0.262 e. The van der Waals surface area contributed by atoms with Crippen LogP contribution in [0.5, 0.6) is 17.2 Å². The lowest BCUT2D eigenvalue weighted by Crippen LogP contribution is -2.20. The summed E-state index contributed by atoms with van der Waals surface area (Å²) in [6.45, 7) is -0.162. The fourth-order valence-corrected chi connectivity index (χ4v) is 3.20. The molecule has 3 aromatic carbocycles. The Morgan fingerprint density at radius 1 is 0.941 bits per heavy atom. The molecule has 0 bridgehead atoms. The van der Waals surface area contributed by atoms with Crippen molar-refractivity contribution in [3.05, 3.63) is 84.4 Å². The van der Waals surface area contributed by atoms with Crippen molar-refractivity contribution < 1.29 is 19.0 Å². The molecule has 1 amide bonds. The van der Waals surface area contributed by atoms with Crippen molar-refractivity contribution in [2.24, 2.45) is 5.10 Å². The van der Waals surface area contributed by atoms with Gasteiger partial charge in [0.2, 0.25) is 0 Å². The van der Waals surface area contributed by atoms with Gasteiger partial charge in [-0.25, -0.2) is 4.98 Å². The number of para-hydroxylation sites is 1. The summed E-state index contributed by atoms with van der Waals surface area (Å²) < 4.78 is 16.2. The molecule has 0 aliphatic rings. The summed E-state index contributed by atoms with van der Waals surface area (Å²) in [7, 11) is 3.13. The van der Waals surface area contributed by atoms with Gasteiger partial charge >= 0.3 is 0 Å². The van der Waals surface area contributed by atoms with Crippen LogP contribution in [0.25, 0.3) is 10.9 Å². The largest absolute Gasteiger partial charge is 0.497 e. The normalized spacial score (nSPS) is 10.8. The molecule has 4 rings (SSSR count). The van der Waals surface area contributed by atoms with E-state index in [0.29, 0.717) is 28.8 Å². The molecular weight excluding hydrogens is 432 g/mol. The molecule has 0 saturated carbocycles. The SMILES string of the molecule is COc1ccc(NC(=O)COc2ccc(/C=N/Nc3ccc4ccccc4n3)cc2OC)cc1. The molecule has 0 saturated heterocycles. The highest BCUT2D eigenvalue weighted by Crippen LogP contribution is 2.27. The number of hydrogen-bond donors (Lipinski definition) is 2. The number of rotatable bonds is 9. The third kappa shape index (κ3) is 5.80. The van der Waals surface area contributed by atoms with Crippen LogP contribution in [0, 0.1) is 0 Å². The maximum Gasteiger partial charge on any atom is 0.262 e. The summed E-state index contributed by atoms with van der Waals surface area (Å²) in [6, 6.07) is 24.1. The Bertz CT molecular complexity index is 1310. The Balaban J connectivity index is 1.34. The average Bonchev–Trinajstić information content (AvgIpc) is 2.88. The second kappa shape index (κ2) is 10.8. The Morgan fingerprint density at radius 2 is 1.76 bits per heavy atom. The number of nitrogens with zero attached hydrogens (tertiary/aromatic N) is 2. The van der Waals surface area contributed by atoms with E-state index < -0.39 is 0 Å². The van der Waals surface area contributed by atoms with Crippen molar-refractivity contribution in [2.75, 3.05) is 31.6 Å². The zero-order valence-electron chi connectivity index (χ0n) is 18.8. The van der Waals surface area contributed by atoms with Gasteiger partial charge < -0.3 is 19.5 Å². The molecule has 2 N–H and O–H groups in total. The van der Waals surface area contributed by atoms with Crippen molar-refractivity contribution in [3.8, 4) is 17.2 Å². The van der Waals surface area contributed by atoms with E-state index in [2.05, 4.69) is 20.8 Å². The van der Waals surface area contributed by atoms with Crippen LogP contribution < -0.4 is 25.0 Å². The molecule has 0 aliphatic heterocycles. The Morgan fingerprint density at radius 3 is 2.56 bits per heavy atom. The van der Waals surface area contributed by atoms with Crippen LogP contribution in [0.2, 0.25) is 0 Å². The number of aromatic nitrogens is 1. The number of methoxy groups -OCH3 is 2. The lowest BCUT2D eigenvalue weighted by Gasteiger charge is -2.11. The summed E-state index contributed by atoms with van der Waals surface area (Å²) in [5.74, 6) is 2.01. The highest BCUT2D eigenvalue weighted by Gasteiger charge is 2.09. The molecule has 1 heterocycles.